The molecule has 1 amide bonds. The van der Waals surface area contributed by atoms with E-state index in [9.17, 15) is 14.4 Å². The SMILES string of the molecule is COc1cc(NC(=O)CCn2c(=O)[nH]c(=O)c3ccccc32)cc(OC)c1OC. The topological polar surface area (TPSA) is 112 Å². The monoisotopic (exact) mass is 399 g/mol. The summed E-state index contributed by atoms with van der Waals surface area (Å²) in [6.45, 7) is 0.104. The largest absolute Gasteiger partial charge is 0.493 e. The number of carbonyl (C=O) groups excluding carboxylic acids is 1. The minimum Gasteiger partial charge on any atom is -0.493 e. The van der Waals surface area contributed by atoms with E-state index in [2.05, 4.69) is 10.3 Å². The van der Waals surface area contributed by atoms with Crippen LogP contribution in [0, 0.1) is 0 Å². The van der Waals surface area contributed by atoms with E-state index in [1.165, 1.54) is 25.9 Å². The summed E-state index contributed by atoms with van der Waals surface area (Å²) in [7, 11) is 4.46. The van der Waals surface area contributed by atoms with Gasteiger partial charge in [-0.2, -0.15) is 0 Å². The maximum Gasteiger partial charge on any atom is 0.328 e. The van der Waals surface area contributed by atoms with E-state index in [0.29, 0.717) is 33.8 Å². The van der Waals surface area contributed by atoms with Crippen LogP contribution in [0.25, 0.3) is 10.9 Å². The number of carbonyl (C=O) groups is 1. The number of fused-ring (bicyclic) bond motifs is 1. The molecular weight excluding hydrogens is 378 g/mol. The predicted octanol–water partition coefficient (Wildman–Crippen LogP) is 1.74. The Kier molecular flexibility index (Phi) is 5.87. The molecule has 0 bridgehead atoms. The highest BCUT2D eigenvalue weighted by molar-refractivity contribution is 5.91. The van der Waals surface area contributed by atoms with E-state index < -0.39 is 11.2 Å². The summed E-state index contributed by atoms with van der Waals surface area (Å²) in [5.74, 6) is 0.913. The first kappa shape index (κ1) is 20.0. The molecule has 1 heterocycles. The van der Waals surface area contributed by atoms with Crippen LogP contribution >= 0.6 is 0 Å². The summed E-state index contributed by atoms with van der Waals surface area (Å²) in [6, 6.07) is 9.96. The Morgan fingerprint density at radius 2 is 1.69 bits per heavy atom. The molecule has 0 radical (unpaired) electrons. The van der Waals surface area contributed by atoms with Crippen molar-refractivity contribution in [2.75, 3.05) is 26.6 Å². The van der Waals surface area contributed by atoms with E-state index in [0.717, 1.165) is 0 Å². The van der Waals surface area contributed by atoms with E-state index in [1.807, 2.05) is 0 Å². The lowest BCUT2D eigenvalue weighted by Crippen LogP contribution is -2.31. The van der Waals surface area contributed by atoms with Crippen molar-refractivity contribution in [3.8, 4) is 17.2 Å². The zero-order valence-corrected chi connectivity index (χ0v) is 16.3. The van der Waals surface area contributed by atoms with Crippen LogP contribution in [0.1, 0.15) is 6.42 Å². The number of H-pyrrole nitrogens is 1. The maximum atomic E-state index is 12.4. The van der Waals surface area contributed by atoms with E-state index >= 15 is 0 Å². The number of anilines is 1. The molecule has 0 aliphatic carbocycles. The van der Waals surface area contributed by atoms with Crippen molar-refractivity contribution >= 4 is 22.5 Å². The maximum absolute atomic E-state index is 12.4. The van der Waals surface area contributed by atoms with Gasteiger partial charge in [0.15, 0.2) is 11.5 Å². The van der Waals surface area contributed by atoms with Crippen molar-refractivity contribution in [1.82, 2.24) is 9.55 Å². The van der Waals surface area contributed by atoms with Gasteiger partial charge in [-0.25, -0.2) is 4.79 Å². The number of rotatable bonds is 7. The number of hydrogen-bond donors (Lipinski definition) is 2. The molecule has 0 aliphatic heterocycles. The van der Waals surface area contributed by atoms with Gasteiger partial charge in [-0.3, -0.25) is 19.1 Å². The predicted molar refractivity (Wildman–Crippen MR) is 108 cm³/mol. The summed E-state index contributed by atoms with van der Waals surface area (Å²) in [6.07, 6.45) is 0.0204. The first-order chi connectivity index (χ1) is 14.0. The highest BCUT2D eigenvalue weighted by Crippen LogP contribution is 2.39. The quantitative estimate of drug-likeness (QED) is 0.626. The molecule has 0 unspecified atom stereocenters. The number of amides is 1. The van der Waals surface area contributed by atoms with Crippen molar-refractivity contribution in [3.63, 3.8) is 0 Å². The van der Waals surface area contributed by atoms with Crippen LogP contribution in [0.4, 0.5) is 5.69 Å². The van der Waals surface area contributed by atoms with Gasteiger partial charge in [0.2, 0.25) is 11.7 Å². The van der Waals surface area contributed by atoms with Crippen LogP contribution in [0.2, 0.25) is 0 Å². The lowest BCUT2D eigenvalue weighted by Gasteiger charge is -2.15. The second-order valence-electron chi connectivity index (χ2n) is 6.14. The normalized spacial score (nSPS) is 10.6. The van der Waals surface area contributed by atoms with Crippen molar-refractivity contribution in [2.45, 2.75) is 13.0 Å². The van der Waals surface area contributed by atoms with Gasteiger partial charge in [0.25, 0.3) is 5.56 Å². The molecule has 0 atom stereocenters. The molecule has 0 spiro atoms. The van der Waals surface area contributed by atoms with Gasteiger partial charge in [0.1, 0.15) is 0 Å². The standard InChI is InChI=1S/C20H21N3O6/c1-27-15-10-12(11-16(28-2)18(15)29-3)21-17(24)8-9-23-14-7-5-4-6-13(14)19(25)22-20(23)26/h4-7,10-11H,8-9H2,1-3H3,(H,21,24)(H,22,25,26). The number of aromatic amines is 1. The molecule has 0 fully saturated rings. The lowest BCUT2D eigenvalue weighted by atomic mass is 10.2. The molecule has 152 valence electrons. The number of hydrogen-bond acceptors (Lipinski definition) is 6. The molecule has 0 saturated heterocycles. The van der Waals surface area contributed by atoms with Gasteiger partial charge in [-0.15, -0.1) is 0 Å². The van der Waals surface area contributed by atoms with Gasteiger partial charge in [0, 0.05) is 30.8 Å². The van der Waals surface area contributed by atoms with Gasteiger partial charge in [-0.1, -0.05) is 12.1 Å². The van der Waals surface area contributed by atoms with E-state index in [4.69, 9.17) is 14.2 Å². The van der Waals surface area contributed by atoms with Gasteiger partial charge in [-0.05, 0) is 12.1 Å². The van der Waals surface area contributed by atoms with E-state index in [-0.39, 0.29) is 18.9 Å². The van der Waals surface area contributed by atoms with Crippen LogP contribution in [-0.4, -0.2) is 36.8 Å². The van der Waals surface area contributed by atoms with Crippen LogP contribution in [0.5, 0.6) is 17.2 Å². The molecular formula is C20H21N3O6. The van der Waals surface area contributed by atoms with Crippen LogP contribution in [0.15, 0.2) is 46.0 Å². The summed E-state index contributed by atoms with van der Waals surface area (Å²) in [4.78, 5) is 38.8. The molecule has 2 aromatic carbocycles. The number of benzene rings is 2. The highest BCUT2D eigenvalue weighted by atomic mass is 16.5. The number of ether oxygens (including phenoxy) is 3. The van der Waals surface area contributed by atoms with Crippen LogP contribution in [0.3, 0.4) is 0 Å². The zero-order chi connectivity index (χ0) is 21.0. The van der Waals surface area contributed by atoms with Crippen LogP contribution in [-0.2, 0) is 11.3 Å². The van der Waals surface area contributed by atoms with Gasteiger partial charge >= 0.3 is 5.69 Å². The fourth-order valence-electron chi connectivity index (χ4n) is 3.05. The van der Waals surface area contributed by atoms with Crippen molar-refractivity contribution in [1.29, 1.82) is 0 Å². The number of nitrogens with one attached hydrogen (secondary N) is 2. The Morgan fingerprint density at radius 3 is 2.31 bits per heavy atom. The Labute approximate surface area is 165 Å². The average molecular weight is 399 g/mol. The minimum atomic E-state index is -0.561. The van der Waals surface area contributed by atoms with Crippen molar-refractivity contribution in [2.24, 2.45) is 0 Å². The average Bonchev–Trinajstić information content (AvgIpc) is 2.72. The Balaban J connectivity index is 1.80. The molecule has 0 saturated carbocycles. The van der Waals surface area contributed by atoms with Crippen molar-refractivity contribution < 1.29 is 19.0 Å². The summed E-state index contributed by atoms with van der Waals surface area (Å²) in [5.41, 5.74) is -0.0805. The molecule has 29 heavy (non-hydrogen) atoms. The molecule has 3 rings (SSSR count). The molecule has 9 nitrogen and oxygen atoms in total. The van der Waals surface area contributed by atoms with Gasteiger partial charge < -0.3 is 19.5 Å². The Hall–Kier alpha value is -3.75. The molecule has 9 heteroatoms. The summed E-state index contributed by atoms with van der Waals surface area (Å²) >= 11 is 0. The fourth-order valence-corrected chi connectivity index (χ4v) is 3.05. The lowest BCUT2D eigenvalue weighted by molar-refractivity contribution is -0.116. The first-order valence-corrected chi connectivity index (χ1v) is 8.80. The number of aryl methyl sites for hydroxylation is 1. The second kappa shape index (κ2) is 8.51. The summed E-state index contributed by atoms with van der Waals surface area (Å²) < 4.78 is 17.2. The number of para-hydroxylation sites is 1. The number of aromatic nitrogens is 2. The fraction of sp³-hybridized carbons (Fsp3) is 0.250. The third-order valence-electron chi connectivity index (χ3n) is 4.42. The third-order valence-corrected chi connectivity index (χ3v) is 4.42. The van der Waals surface area contributed by atoms with Crippen molar-refractivity contribution in [3.05, 3.63) is 57.2 Å². The minimum absolute atomic E-state index is 0.0204. The Bertz CT molecular complexity index is 1140. The molecule has 1 aromatic heterocycles. The Morgan fingerprint density at radius 1 is 1.03 bits per heavy atom. The number of methoxy groups -OCH3 is 3. The smallest absolute Gasteiger partial charge is 0.328 e. The van der Waals surface area contributed by atoms with E-state index in [1.54, 1.807) is 36.4 Å². The molecule has 0 aliphatic rings. The first-order valence-electron chi connectivity index (χ1n) is 8.80. The molecule has 3 aromatic rings. The molecule has 2 N–H and O–H groups in total. The number of nitrogens with zero attached hydrogens (tertiary/aromatic N) is 1. The second-order valence-corrected chi connectivity index (χ2v) is 6.14. The van der Waals surface area contributed by atoms with Gasteiger partial charge in [0.05, 0.1) is 32.2 Å². The van der Waals surface area contributed by atoms with Crippen LogP contribution < -0.4 is 30.8 Å². The summed E-state index contributed by atoms with van der Waals surface area (Å²) in [5, 5.41) is 3.14. The zero-order valence-electron chi connectivity index (χ0n) is 16.3. The third kappa shape index (κ3) is 4.08. The highest BCUT2D eigenvalue weighted by Gasteiger charge is 2.15.